The van der Waals surface area contributed by atoms with Crippen molar-refractivity contribution in [3.63, 3.8) is 0 Å². The molecule has 0 aliphatic carbocycles. The molecule has 0 fully saturated rings. The number of hydrogen-bond acceptors (Lipinski definition) is 4. The van der Waals surface area contributed by atoms with Gasteiger partial charge in [0, 0.05) is 45.6 Å². The van der Waals surface area contributed by atoms with Crippen LogP contribution >= 0.6 is 0 Å². The summed E-state index contributed by atoms with van der Waals surface area (Å²) in [5.41, 5.74) is 0.00727. The van der Waals surface area contributed by atoms with Gasteiger partial charge < -0.3 is 10.4 Å². The van der Waals surface area contributed by atoms with Crippen LogP contribution in [0, 0.1) is 5.92 Å². The van der Waals surface area contributed by atoms with Crippen molar-refractivity contribution in [1.29, 1.82) is 0 Å². The molecule has 96 valence electrons. The van der Waals surface area contributed by atoms with E-state index in [2.05, 4.69) is 5.32 Å². The summed E-state index contributed by atoms with van der Waals surface area (Å²) in [5, 5.41) is 12.0. The van der Waals surface area contributed by atoms with Crippen molar-refractivity contribution < 1.29 is 5.11 Å². The Hall–Kier alpha value is -1.40. The van der Waals surface area contributed by atoms with Crippen molar-refractivity contribution in [3.05, 3.63) is 32.6 Å². The van der Waals surface area contributed by atoms with E-state index in [1.165, 1.54) is 17.7 Å². The highest BCUT2D eigenvalue weighted by Crippen LogP contribution is 1.93. The van der Waals surface area contributed by atoms with Crippen LogP contribution in [0.25, 0.3) is 0 Å². The number of nitrogens with one attached hydrogen (secondary N) is 1. The Labute approximate surface area is 99.5 Å². The van der Waals surface area contributed by atoms with E-state index >= 15 is 0 Å². The molecule has 6 heteroatoms. The summed E-state index contributed by atoms with van der Waals surface area (Å²) in [6.45, 7) is 3.10. The molecule has 0 saturated carbocycles. The Kier molecular flexibility index (Phi) is 4.65. The summed E-state index contributed by atoms with van der Waals surface area (Å²) in [6.07, 6.45) is 0. The molecule has 0 bridgehead atoms. The Morgan fingerprint density at radius 3 is 2.59 bits per heavy atom. The smallest absolute Gasteiger partial charge is 0.330 e. The highest BCUT2D eigenvalue weighted by Gasteiger charge is 2.06. The van der Waals surface area contributed by atoms with Crippen LogP contribution in [0.4, 0.5) is 0 Å². The van der Waals surface area contributed by atoms with E-state index in [-0.39, 0.29) is 23.8 Å². The van der Waals surface area contributed by atoms with Crippen LogP contribution in [0.15, 0.2) is 15.7 Å². The lowest BCUT2D eigenvalue weighted by Crippen LogP contribution is -2.39. The minimum Gasteiger partial charge on any atom is -0.396 e. The van der Waals surface area contributed by atoms with Gasteiger partial charge in [-0.1, -0.05) is 6.92 Å². The van der Waals surface area contributed by atoms with Gasteiger partial charge in [-0.3, -0.25) is 13.9 Å². The lowest BCUT2D eigenvalue weighted by molar-refractivity contribution is 0.233. The first-order valence-corrected chi connectivity index (χ1v) is 5.55. The number of aliphatic hydroxyl groups is 1. The molecule has 0 aliphatic heterocycles. The molecule has 1 aromatic heterocycles. The van der Waals surface area contributed by atoms with E-state index in [0.717, 1.165) is 4.57 Å². The maximum absolute atomic E-state index is 11.6. The largest absolute Gasteiger partial charge is 0.396 e. The molecule has 0 radical (unpaired) electrons. The lowest BCUT2D eigenvalue weighted by Gasteiger charge is -2.12. The molecule has 0 saturated heterocycles. The zero-order valence-corrected chi connectivity index (χ0v) is 10.4. The number of rotatable bonds is 5. The number of nitrogens with zero attached hydrogens (tertiary/aromatic N) is 2. The molecular formula is C11H19N3O3. The van der Waals surface area contributed by atoms with E-state index in [0.29, 0.717) is 18.8 Å². The van der Waals surface area contributed by atoms with Crippen LogP contribution in [0.1, 0.15) is 12.6 Å². The van der Waals surface area contributed by atoms with E-state index in [1.54, 1.807) is 7.05 Å². The monoisotopic (exact) mass is 241 g/mol. The molecule has 17 heavy (non-hydrogen) atoms. The fourth-order valence-corrected chi connectivity index (χ4v) is 1.46. The van der Waals surface area contributed by atoms with Gasteiger partial charge >= 0.3 is 5.69 Å². The summed E-state index contributed by atoms with van der Waals surface area (Å²) < 4.78 is 2.51. The molecule has 1 unspecified atom stereocenters. The molecular weight excluding hydrogens is 222 g/mol. The highest BCUT2D eigenvalue weighted by molar-refractivity contribution is 5.01. The second-order valence-corrected chi connectivity index (χ2v) is 4.29. The van der Waals surface area contributed by atoms with Crippen LogP contribution in [0.2, 0.25) is 0 Å². The van der Waals surface area contributed by atoms with Gasteiger partial charge in [-0.05, 0) is 5.92 Å². The maximum Gasteiger partial charge on any atom is 0.330 e. The molecule has 1 heterocycles. The van der Waals surface area contributed by atoms with E-state index in [9.17, 15) is 9.59 Å². The summed E-state index contributed by atoms with van der Waals surface area (Å²) in [7, 11) is 3.09. The van der Waals surface area contributed by atoms with E-state index < -0.39 is 0 Å². The number of hydrogen-bond donors (Lipinski definition) is 2. The first kappa shape index (κ1) is 13.7. The van der Waals surface area contributed by atoms with Crippen molar-refractivity contribution in [2.75, 3.05) is 13.2 Å². The zero-order valence-electron chi connectivity index (χ0n) is 10.4. The van der Waals surface area contributed by atoms with Gasteiger partial charge in [-0.15, -0.1) is 0 Å². The molecule has 2 N–H and O–H groups in total. The molecule has 1 aromatic rings. The second kappa shape index (κ2) is 5.79. The van der Waals surface area contributed by atoms with E-state index in [1.807, 2.05) is 6.92 Å². The fraction of sp³-hybridized carbons (Fsp3) is 0.636. The van der Waals surface area contributed by atoms with Gasteiger partial charge in [0.1, 0.15) is 0 Å². The Balaban J connectivity index is 2.79. The Morgan fingerprint density at radius 1 is 1.35 bits per heavy atom. The normalized spacial score (nSPS) is 12.7. The third-order valence-electron chi connectivity index (χ3n) is 2.74. The van der Waals surface area contributed by atoms with Gasteiger partial charge in [-0.2, -0.15) is 0 Å². The van der Waals surface area contributed by atoms with Gasteiger partial charge in [-0.25, -0.2) is 4.79 Å². The van der Waals surface area contributed by atoms with Gasteiger partial charge in [0.05, 0.1) is 0 Å². The summed E-state index contributed by atoms with van der Waals surface area (Å²) in [6, 6.07) is 1.44. The molecule has 1 rings (SSSR count). The Morgan fingerprint density at radius 2 is 2.00 bits per heavy atom. The van der Waals surface area contributed by atoms with Crippen LogP contribution in [0.3, 0.4) is 0 Å². The highest BCUT2D eigenvalue weighted by atomic mass is 16.3. The quantitative estimate of drug-likeness (QED) is 0.679. The molecule has 0 amide bonds. The van der Waals surface area contributed by atoms with Gasteiger partial charge in [0.2, 0.25) is 0 Å². The standard InChI is InChI=1S/C11H19N3O3/c1-8(7-15)5-12-6-9-4-10(16)14(3)11(17)13(9)2/h4,8,12,15H,5-7H2,1-3H3. The number of aromatic nitrogens is 2. The summed E-state index contributed by atoms with van der Waals surface area (Å²) >= 11 is 0. The third-order valence-corrected chi connectivity index (χ3v) is 2.74. The van der Waals surface area contributed by atoms with Crippen LogP contribution in [-0.4, -0.2) is 27.4 Å². The average molecular weight is 241 g/mol. The van der Waals surface area contributed by atoms with Crippen LogP contribution < -0.4 is 16.6 Å². The average Bonchev–Trinajstić information content (AvgIpc) is 2.32. The Bertz CT molecular complexity index is 490. The lowest BCUT2D eigenvalue weighted by atomic mass is 10.2. The predicted molar refractivity (Wildman–Crippen MR) is 64.9 cm³/mol. The zero-order chi connectivity index (χ0) is 13.0. The minimum atomic E-state index is -0.329. The van der Waals surface area contributed by atoms with Crippen molar-refractivity contribution >= 4 is 0 Å². The molecule has 0 aliphatic rings. The van der Waals surface area contributed by atoms with Crippen molar-refractivity contribution in [2.45, 2.75) is 13.5 Å². The first-order valence-electron chi connectivity index (χ1n) is 5.55. The second-order valence-electron chi connectivity index (χ2n) is 4.29. The van der Waals surface area contributed by atoms with Gasteiger partial charge in [0.15, 0.2) is 0 Å². The predicted octanol–water partition coefficient (Wildman–Crippen LogP) is -1.20. The van der Waals surface area contributed by atoms with Crippen LogP contribution in [0.5, 0.6) is 0 Å². The van der Waals surface area contributed by atoms with Crippen molar-refractivity contribution in [1.82, 2.24) is 14.5 Å². The van der Waals surface area contributed by atoms with E-state index in [4.69, 9.17) is 5.11 Å². The fourth-order valence-electron chi connectivity index (χ4n) is 1.46. The third kappa shape index (κ3) is 3.28. The summed E-state index contributed by atoms with van der Waals surface area (Å²) in [5.74, 6) is 0.151. The molecule has 6 nitrogen and oxygen atoms in total. The minimum absolute atomic E-state index is 0.114. The molecule has 0 aromatic carbocycles. The topological polar surface area (TPSA) is 76.3 Å². The van der Waals surface area contributed by atoms with Crippen LogP contribution in [-0.2, 0) is 20.6 Å². The SMILES string of the molecule is CC(CO)CNCc1cc(=O)n(C)c(=O)n1C. The molecule has 0 spiro atoms. The summed E-state index contributed by atoms with van der Waals surface area (Å²) in [4.78, 5) is 23.1. The molecule has 1 atom stereocenters. The maximum atomic E-state index is 11.6. The van der Waals surface area contributed by atoms with Gasteiger partial charge in [0.25, 0.3) is 5.56 Å². The van der Waals surface area contributed by atoms with Crippen molar-refractivity contribution in [2.24, 2.45) is 20.0 Å². The number of aliphatic hydroxyl groups excluding tert-OH is 1. The first-order chi connectivity index (χ1) is 7.97. The van der Waals surface area contributed by atoms with Crippen molar-refractivity contribution in [3.8, 4) is 0 Å².